The molecule has 1 N–H and O–H groups in total. The third-order valence-corrected chi connectivity index (χ3v) is 3.13. The number of fused-ring (bicyclic) bond motifs is 1. The SMILES string of the molecule is N#Cc1ccc(-n2ncc3c2CCNC3)cc1F. The van der Waals surface area contributed by atoms with E-state index < -0.39 is 5.82 Å². The molecule has 1 aromatic carbocycles. The standard InChI is InChI=1S/C13H11FN4/c14-12-5-11(2-1-9(12)6-15)18-13-3-4-16-7-10(13)8-17-18/h1-2,5,8,16H,3-4,7H2. The summed E-state index contributed by atoms with van der Waals surface area (Å²) in [6.07, 6.45) is 2.68. The molecule has 5 heteroatoms. The number of aromatic nitrogens is 2. The van der Waals surface area contributed by atoms with E-state index >= 15 is 0 Å². The van der Waals surface area contributed by atoms with Crippen LogP contribution in [-0.4, -0.2) is 16.3 Å². The molecule has 4 nitrogen and oxygen atoms in total. The van der Waals surface area contributed by atoms with Crippen molar-refractivity contribution >= 4 is 0 Å². The van der Waals surface area contributed by atoms with Gasteiger partial charge in [-0.3, -0.25) is 0 Å². The van der Waals surface area contributed by atoms with E-state index in [4.69, 9.17) is 5.26 Å². The van der Waals surface area contributed by atoms with Crippen LogP contribution in [0.15, 0.2) is 24.4 Å². The second-order valence-corrected chi connectivity index (χ2v) is 4.23. The van der Waals surface area contributed by atoms with E-state index in [1.165, 1.54) is 12.1 Å². The van der Waals surface area contributed by atoms with Gasteiger partial charge in [-0.15, -0.1) is 0 Å². The molecule has 0 fully saturated rings. The minimum Gasteiger partial charge on any atom is -0.312 e. The summed E-state index contributed by atoms with van der Waals surface area (Å²) >= 11 is 0. The Balaban J connectivity index is 2.08. The molecule has 0 bridgehead atoms. The smallest absolute Gasteiger partial charge is 0.143 e. The van der Waals surface area contributed by atoms with Crippen molar-refractivity contribution in [3.8, 4) is 11.8 Å². The van der Waals surface area contributed by atoms with Crippen LogP contribution in [0, 0.1) is 17.1 Å². The van der Waals surface area contributed by atoms with Crippen LogP contribution in [0.1, 0.15) is 16.8 Å². The Labute approximate surface area is 104 Å². The van der Waals surface area contributed by atoms with Crippen LogP contribution in [0.4, 0.5) is 4.39 Å². The van der Waals surface area contributed by atoms with E-state index in [9.17, 15) is 4.39 Å². The van der Waals surface area contributed by atoms with Gasteiger partial charge in [0.2, 0.25) is 0 Å². The molecule has 0 spiro atoms. The Morgan fingerprint density at radius 2 is 2.33 bits per heavy atom. The third kappa shape index (κ3) is 1.67. The highest BCUT2D eigenvalue weighted by molar-refractivity contribution is 5.42. The zero-order valence-corrected chi connectivity index (χ0v) is 9.65. The molecule has 1 aromatic heterocycles. The maximum Gasteiger partial charge on any atom is 0.143 e. The van der Waals surface area contributed by atoms with Gasteiger partial charge < -0.3 is 5.32 Å². The highest BCUT2D eigenvalue weighted by atomic mass is 19.1. The molecule has 1 aliphatic heterocycles. The molecule has 0 atom stereocenters. The largest absolute Gasteiger partial charge is 0.312 e. The Kier molecular flexibility index (Phi) is 2.58. The highest BCUT2D eigenvalue weighted by Crippen LogP contribution is 2.19. The first-order chi connectivity index (χ1) is 8.79. The number of nitriles is 1. The van der Waals surface area contributed by atoms with Gasteiger partial charge in [0, 0.05) is 36.8 Å². The van der Waals surface area contributed by atoms with Crippen molar-refractivity contribution in [3.05, 3.63) is 47.0 Å². The van der Waals surface area contributed by atoms with Gasteiger partial charge in [-0.25, -0.2) is 9.07 Å². The molecule has 3 rings (SSSR count). The third-order valence-electron chi connectivity index (χ3n) is 3.13. The van der Waals surface area contributed by atoms with Gasteiger partial charge in [-0.2, -0.15) is 10.4 Å². The van der Waals surface area contributed by atoms with Gasteiger partial charge in [0.05, 0.1) is 17.4 Å². The van der Waals surface area contributed by atoms with Crippen molar-refractivity contribution in [2.45, 2.75) is 13.0 Å². The van der Waals surface area contributed by atoms with Gasteiger partial charge in [0.15, 0.2) is 0 Å². The maximum atomic E-state index is 13.6. The van der Waals surface area contributed by atoms with Crippen LogP contribution in [0.5, 0.6) is 0 Å². The molecule has 2 heterocycles. The quantitative estimate of drug-likeness (QED) is 0.825. The fourth-order valence-electron chi connectivity index (χ4n) is 2.20. The average Bonchev–Trinajstić information content (AvgIpc) is 2.82. The molecular weight excluding hydrogens is 231 g/mol. The van der Waals surface area contributed by atoms with Crippen LogP contribution < -0.4 is 5.32 Å². The number of nitrogens with zero attached hydrogens (tertiary/aromatic N) is 3. The van der Waals surface area contributed by atoms with Crippen LogP contribution in [0.2, 0.25) is 0 Å². The van der Waals surface area contributed by atoms with Crippen LogP contribution in [0.3, 0.4) is 0 Å². The summed E-state index contributed by atoms with van der Waals surface area (Å²) in [5, 5.41) is 16.3. The lowest BCUT2D eigenvalue weighted by Gasteiger charge is -2.15. The summed E-state index contributed by atoms with van der Waals surface area (Å²) in [6, 6.07) is 6.38. The Morgan fingerprint density at radius 3 is 3.11 bits per heavy atom. The molecule has 0 radical (unpaired) electrons. The lowest BCUT2D eigenvalue weighted by atomic mass is 10.1. The minimum absolute atomic E-state index is 0.0569. The summed E-state index contributed by atoms with van der Waals surface area (Å²) in [5.74, 6) is -0.506. The average molecular weight is 242 g/mol. The van der Waals surface area contributed by atoms with Gasteiger partial charge in [-0.1, -0.05) is 0 Å². The summed E-state index contributed by atoms with van der Waals surface area (Å²) in [6.45, 7) is 1.70. The summed E-state index contributed by atoms with van der Waals surface area (Å²) in [4.78, 5) is 0. The first kappa shape index (κ1) is 10.9. The first-order valence-electron chi connectivity index (χ1n) is 5.76. The molecule has 0 saturated heterocycles. The first-order valence-corrected chi connectivity index (χ1v) is 5.76. The Bertz CT molecular complexity index is 639. The lowest BCUT2D eigenvalue weighted by molar-refractivity contribution is 0.612. The second kappa shape index (κ2) is 4.24. The number of rotatable bonds is 1. The van der Waals surface area contributed by atoms with E-state index in [0.717, 1.165) is 30.8 Å². The van der Waals surface area contributed by atoms with E-state index in [2.05, 4.69) is 10.4 Å². The van der Waals surface area contributed by atoms with Crippen molar-refractivity contribution in [3.63, 3.8) is 0 Å². The monoisotopic (exact) mass is 242 g/mol. The number of hydrogen-bond donors (Lipinski definition) is 1. The van der Waals surface area contributed by atoms with Crippen LogP contribution in [-0.2, 0) is 13.0 Å². The summed E-state index contributed by atoms with van der Waals surface area (Å²) < 4.78 is 15.3. The fourth-order valence-corrected chi connectivity index (χ4v) is 2.20. The minimum atomic E-state index is -0.506. The number of benzene rings is 1. The molecule has 2 aromatic rings. The molecule has 0 aliphatic carbocycles. The van der Waals surface area contributed by atoms with Crippen molar-refractivity contribution < 1.29 is 4.39 Å². The van der Waals surface area contributed by atoms with Gasteiger partial charge in [0.1, 0.15) is 11.9 Å². The predicted octanol–water partition coefficient (Wildman–Crippen LogP) is 1.53. The van der Waals surface area contributed by atoms with Gasteiger partial charge >= 0.3 is 0 Å². The van der Waals surface area contributed by atoms with E-state index in [1.807, 2.05) is 6.07 Å². The van der Waals surface area contributed by atoms with Crippen molar-refractivity contribution in [1.82, 2.24) is 15.1 Å². The molecule has 0 unspecified atom stereocenters. The number of hydrogen-bond acceptors (Lipinski definition) is 3. The second-order valence-electron chi connectivity index (χ2n) is 4.23. The van der Waals surface area contributed by atoms with Crippen LogP contribution >= 0.6 is 0 Å². The van der Waals surface area contributed by atoms with Crippen molar-refractivity contribution in [2.75, 3.05) is 6.54 Å². The Hall–Kier alpha value is -2.19. The molecule has 0 saturated carbocycles. The van der Waals surface area contributed by atoms with Crippen LogP contribution in [0.25, 0.3) is 5.69 Å². The number of halogens is 1. The van der Waals surface area contributed by atoms with Crippen molar-refractivity contribution in [1.29, 1.82) is 5.26 Å². The summed E-state index contributed by atoms with van der Waals surface area (Å²) in [5.41, 5.74) is 2.97. The van der Waals surface area contributed by atoms with E-state index in [0.29, 0.717) is 5.69 Å². The zero-order chi connectivity index (χ0) is 12.5. The lowest BCUT2D eigenvalue weighted by Crippen LogP contribution is -2.24. The maximum absolute atomic E-state index is 13.6. The Morgan fingerprint density at radius 1 is 1.44 bits per heavy atom. The normalized spacial score (nSPS) is 14.0. The predicted molar refractivity (Wildman–Crippen MR) is 63.6 cm³/mol. The zero-order valence-electron chi connectivity index (χ0n) is 9.65. The topological polar surface area (TPSA) is 53.6 Å². The fraction of sp³-hybridized carbons (Fsp3) is 0.231. The molecule has 18 heavy (non-hydrogen) atoms. The van der Waals surface area contributed by atoms with Gasteiger partial charge in [-0.05, 0) is 12.1 Å². The molecule has 0 amide bonds. The highest BCUT2D eigenvalue weighted by Gasteiger charge is 2.16. The van der Waals surface area contributed by atoms with Gasteiger partial charge in [0.25, 0.3) is 0 Å². The molecular formula is C13H11FN4. The van der Waals surface area contributed by atoms with E-state index in [1.54, 1.807) is 16.9 Å². The van der Waals surface area contributed by atoms with Crippen molar-refractivity contribution in [2.24, 2.45) is 0 Å². The number of nitrogens with one attached hydrogen (secondary N) is 1. The molecule has 1 aliphatic rings. The van der Waals surface area contributed by atoms with E-state index in [-0.39, 0.29) is 5.56 Å². The summed E-state index contributed by atoms with van der Waals surface area (Å²) in [7, 11) is 0. The molecule has 90 valence electrons.